The molecule has 0 spiro atoms. The normalized spacial score (nSPS) is 15.1. The van der Waals surface area contributed by atoms with Gasteiger partial charge in [-0.15, -0.1) is 0 Å². The summed E-state index contributed by atoms with van der Waals surface area (Å²) < 4.78 is 25.9. The number of nitrogens with zero attached hydrogens (tertiary/aromatic N) is 1. The van der Waals surface area contributed by atoms with Crippen molar-refractivity contribution in [1.82, 2.24) is 4.90 Å². The highest BCUT2D eigenvalue weighted by Gasteiger charge is 2.36. The number of imide groups is 1. The minimum absolute atomic E-state index is 0.0997. The van der Waals surface area contributed by atoms with Gasteiger partial charge in [0.25, 0.3) is 11.1 Å². The molecule has 2 aromatic rings. The Labute approximate surface area is 196 Å². The molecule has 5 nitrogen and oxygen atoms in total. The number of thioether (sulfide) groups is 1. The van der Waals surface area contributed by atoms with Crippen molar-refractivity contribution in [2.45, 2.75) is 6.54 Å². The van der Waals surface area contributed by atoms with Crippen LogP contribution in [0.15, 0.2) is 47.9 Å². The fourth-order valence-electron chi connectivity index (χ4n) is 2.73. The third-order valence-corrected chi connectivity index (χ3v) is 6.21. The van der Waals surface area contributed by atoms with Gasteiger partial charge in [0.05, 0.1) is 22.1 Å². The summed E-state index contributed by atoms with van der Waals surface area (Å²) in [7, 11) is 1.52. The maximum atomic E-state index is 14.1. The Morgan fingerprint density at radius 3 is 2.77 bits per heavy atom. The summed E-state index contributed by atoms with van der Waals surface area (Å²) in [6.45, 7) is 3.71. The van der Waals surface area contributed by atoms with Crippen LogP contribution < -0.4 is 9.47 Å². The van der Waals surface area contributed by atoms with Crippen molar-refractivity contribution in [1.29, 1.82) is 0 Å². The molecule has 0 radical (unpaired) electrons. The lowest BCUT2D eigenvalue weighted by molar-refractivity contribution is -0.123. The van der Waals surface area contributed by atoms with Gasteiger partial charge in [-0.3, -0.25) is 14.5 Å². The van der Waals surface area contributed by atoms with Crippen LogP contribution in [-0.4, -0.2) is 29.8 Å². The van der Waals surface area contributed by atoms with Gasteiger partial charge in [-0.05, 0) is 70.3 Å². The SMILES string of the molecule is C=CCOc1c(I)cc(/C=C2\SC(=O)N(Cc3c(F)cccc3Cl)C2=O)cc1OC. The largest absolute Gasteiger partial charge is 0.493 e. The van der Waals surface area contributed by atoms with Crippen LogP contribution >= 0.6 is 46.0 Å². The molecular formula is C21H16ClFINO4S. The molecule has 156 valence electrons. The zero-order valence-corrected chi connectivity index (χ0v) is 19.5. The molecule has 30 heavy (non-hydrogen) atoms. The number of benzene rings is 2. The van der Waals surface area contributed by atoms with E-state index in [-0.39, 0.29) is 22.0 Å². The van der Waals surface area contributed by atoms with Crippen molar-refractivity contribution in [2.24, 2.45) is 0 Å². The second-order valence-corrected chi connectivity index (χ2v) is 8.66. The molecule has 2 aromatic carbocycles. The molecule has 0 aliphatic carbocycles. The highest BCUT2D eigenvalue weighted by Crippen LogP contribution is 2.38. The predicted octanol–water partition coefficient (Wildman–Crippen LogP) is 5.89. The third-order valence-electron chi connectivity index (χ3n) is 4.15. The van der Waals surface area contributed by atoms with Gasteiger partial charge in [-0.25, -0.2) is 4.39 Å². The molecule has 1 aliphatic rings. The number of halogens is 3. The summed E-state index contributed by atoms with van der Waals surface area (Å²) in [5.41, 5.74) is 0.763. The molecule has 0 bridgehead atoms. The Morgan fingerprint density at radius 2 is 2.10 bits per heavy atom. The molecule has 3 rings (SSSR count). The first-order valence-corrected chi connectivity index (χ1v) is 10.9. The van der Waals surface area contributed by atoms with E-state index < -0.39 is 17.0 Å². The molecule has 0 unspecified atom stereocenters. The first-order valence-electron chi connectivity index (χ1n) is 8.65. The van der Waals surface area contributed by atoms with Crippen LogP contribution in [0, 0.1) is 9.39 Å². The molecule has 1 heterocycles. The Balaban J connectivity index is 1.88. The molecule has 0 aromatic heterocycles. The number of rotatable bonds is 7. The molecule has 0 N–H and O–H groups in total. The van der Waals surface area contributed by atoms with E-state index in [1.165, 1.54) is 25.3 Å². The van der Waals surface area contributed by atoms with Crippen molar-refractivity contribution < 1.29 is 23.5 Å². The van der Waals surface area contributed by atoms with Gasteiger partial charge < -0.3 is 9.47 Å². The monoisotopic (exact) mass is 559 g/mol. The second kappa shape index (κ2) is 9.84. The van der Waals surface area contributed by atoms with Crippen molar-refractivity contribution in [3.05, 3.63) is 73.4 Å². The number of hydrogen-bond donors (Lipinski definition) is 0. The van der Waals surface area contributed by atoms with Gasteiger partial charge in [0.15, 0.2) is 11.5 Å². The standard InChI is InChI=1S/C21H16ClFINO4S/c1-3-7-29-19-16(24)8-12(9-17(19)28-2)10-18-20(26)25(21(27)30-18)11-13-14(22)5-4-6-15(13)23/h3-6,8-10H,1,7,11H2,2H3/b18-10-. The molecular weight excluding hydrogens is 544 g/mol. The van der Waals surface area contributed by atoms with Crippen molar-refractivity contribution in [3.8, 4) is 11.5 Å². The Kier molecular flexibility index (Phi) is 7.43. The minimum Gasteiger partial charge on any atom is -0.493 e. The molecule has 1 fully saturated rings. The van der Waals surface area contributed by atoms with Gasteiger partial charge in [0.2, 0.25) is 0 Å². The third kappa shape index (κ3) is 4.81. The van der Waals surface area contributed by atoms with E-state index in [2.05, 4.69) is 29.2 Å². The van der Waals surface area contributed by atoms with Crippen molar-refractivity contribution in [2.75, 3.05) is 13.7 Å². The number of hydrogen-bond acceptors (Lipinski definition) is 5. The summed E-state index contributed by atoms with van der Waals surface area (Å²) in [6.07, 6.45) is 3.22. The van der Waals surface area contributed by atoms with Gasteiger partial charge >= 0.3 is 0 Å². The van der Waals surface area contributed by atoms with Gasteiger partial charge in [0, 0.05) is 10.6 Å². The van der Waals surface area contributed by atoms with Crippen LogP contribution in [-0.2, 0) is 11.3 Å². The van der Waals surface area contributed by atoms with Crippen LogP contribution in [0.5, 0.6) is 11.5 Å². The number of ether oxygens (including phenoxy) is 2. The van der Waals surface area contributed by atoms with Crippen LogP contribution in [0.25, 0.3) is 6.08 Å². The summed E-state index contributed by atoms with van der Waals surface area (Å²) >= 11 is 8.92. The van der Waals surface area contributed by atoms with E-state index in [0.717, 1.165) is 20.2 Å². The molecule has 1 aliphatic heterocycles. The van der Waals surface area contributed by atoms with Gasteiger partial charge in [-0.2, -0.15) is 0 Å². The van der Waals surface area contributed by atoms with E-state index in [1.54, 1.807) is 18.2 Å². The zero-order valence-electron chi connectivity index (χ0n) is 15.8. The molecule has 0 atom stereocenters. The highest BCUT2D eigenvalue weighted by atomic mass is 127. The maximum absolute atomic E-state index is 14.1. The van der Waals surface area contributed by atoms with Crippen LogP contribution in [0.4, 0.5) is 9.18 Å². The zero-order chi connectivity index (χ0) is 21.8. The van der Waals surface area contributed by atoms with Crippen molar-refractivity contribution in [3.63, 3.8) is 0 Å². The average molecular weight is 560 g/mol. The molecule has 2 amide bonds. The Morgan fingerprint density at radius 1 is 1.33 bits per heavy atom. The number of carbonyl (C=O) groups is 2. The lowest BCUT2D eigenvalue weighted by atomic mass is 10.1. The summed E-state index contributed by atoms with van der Waals surface area (Å²) in [4.78, 5) is 26.4. The number of amides is 2. The maximum Gasteiger partial charge on any atom is 0.293 e. The van der Waals surface area contributed by atoms with Crippen LogP contribution in [0.3, 0.4) is 0 Å². The molecule has 1 saturated heterocycles. The lowest BCUT2D eigenvalue weighted by Crippen LogP contribution is -2.28. The van der Waals surface area contributed by atoms with E-state index in [1.807, 2.05) is 6.07 Å². The van der Waals surface area contributed by atoms with Gasteiger partial charge in [-0.1, -0.05) is 30.3 Å². The fourth-order valence-corrected chi connectivity index (χ4v) is 4.58. The summed E-state index contributed by atoms with van der Waals surface area (Å²) in [5, 5.41) is -0.328. The highest BCUT2D eigenvalue weighted by molar-refractivity contribution is 14.1. The van der Waals surface area contributed by atoms with E-state index in [9.17, 15) is 14.0 Å². The smallest absolute Gasteiger partial charge is 0.293 e. The van der Waals surface area contributed by atoms with Crippen LogP contribution in [0.2, 0.25) is 5.02 Å². The summed E-state index contributed by atoms with van der Waals surface area (Å²) in [5.74, 6) is -0.0185. The molecule has 0 saturated carbocycles. The Bertz CT molecular complexity index is 1040. The summed E-state index contributed by atoms with van der Waals surface area (Å²) in [6, 6.07) is 7.73. The fraction of sp³-hybridized carbons (Fsp3) is 0.143. The van der Waals surface area contributed by atoms with Gasteiger partial charge in [0.1, 0.15) is 12.4 Å². The first-order chi connectivity index (χ1) is 14.3. The number of methoxy groups -OCH3 is 1. The quantitative estimate of drug-likeness (QED) is 0.240. The van der Waals surface area contributed by atoms with Crippen molar-refractivity contribution >= 4 is 63.2 Å². The number of carbonyl (C=O) groups excluding carboxylic acids is 2. The lowest BCUT2D eigenvalue weighted by Gasteiger charge is -2.14. The Hall–Kier alpha value is -2.04. The van der Waals surface area contributed by atoms with E-state index in [0.29, 0.717) is 23.7 Å². The second-order valence-electron chi connectivity index (χ2n) is 6.10. The minimum atomic E-state index is -0.570. The van der Waals surface area contributed by atoms with Crippen LogP contribution in [0.1, 0.15) is 11.1 Å². The average Bonchev–Trinajstić information content (AvgIpc) is 2.96. The van der Waals surface area contributed by atoms with E-state index >= 15 is 0 Å². The predicted molar refractivity (Wildman–Crippen MR) is 124 cm³/mol. The topological polar surface area (TPSA) is 55.8 Å². The van der Waals surface area contributed by atoms with E-state index in [4.69, 9.17) is 21.1 Å². The first kappa shape index (κ1) is 22.6. The molecule has 9 heteroatoms.